The maximum absolute atomic E-state index is 9.83. The minimum Gasteiger partial charge on any atom is -0.391 e. The van der Waals surface area contributed by atoms with Crippen molar-refractivity contribution in [1.29, 1.82) is 0 Å². The van der Waals surface area contributed by atoms with Gasteiger partial charge in [-0.1, -0.05) is 6.07 Å². The molecule has 1 aliphatic rings. The summed E-state index contributed by atoms with van der Waals surface area (Å²) in [5.74, 6) is 0. The van der Waals surface area contributed by atoms with Crippen molar-refractivity contribution in [1.82, 2.24) is 9.88 Å². The van der Waals surface area contributed by atoms with E-state index < -0.39 is 0 Å². The van der Waals surface area contributed by atoms with Crippen LogP contribution in [0.2, 0.25) is 0 Å². The Morgan fingerprint density at radius 1 is 1.44 bits per heavy atom. The lowest BCUT2D eigenvalue weighted by Crippen LogP contribution is -2.37. The van der Waals surface area contributed by atoms with Gasteiger partial charge in [-0.2, -0.15) is 0 Å². The van der Waals surface area contributed by atoms with E-state index in [0.717, 1.165) is 37.2 Å². The average molecular weight is 220 g/mol. The molecule has 0 spiro atoms. The Bertz CT molecular complexity index is 354. The first-order valence-electron chi connectivity index (χ1n) is 5.97. The summed E-state index contributed by atoms with van der Waals surface area (Å²) in [4.78, 5) is 6.71. The van der Waals surface area contributed by atoms with Crippen LogP contribution in [0.5, 0.6) is 0 Å². The van der Waals surface area contributed by atoms with Crippen LogP contribution in [-0.2, 0) is 6.54 Å². The van der Waals surface area contributed by atoms with Gasteiger partial charge < -0.3 is 5.11 Å². The summed E-state index contributed by atoms with van der Waals surface area (Å²) in [6.45, 7) is 2.83. The van der Waals surface area contributed by atoms with Crippen molar-refractivity contribution in [2.24, 2.45) is 0 Å². The second-order valence-electron chi connectivity index (χ2n) is 4.75. The standard InChI is InChI=1S/C13H20N2O/c1-10-5-3-6-11(14-10)9-15(2)12-7-4-8-13(12)16/h3,5-6,12-13,16H,4,7-9H2,1-2H3. The topological polar surface area (TPSA) is 36.4 Å². The Morgan fingerprint density at radius 3 is 2.88 bits per heavy atom. The minimum atomic E-state index is -0.158. The van der Waals surface area contributed by atoms with Gasteiger partial charge >= 0.3 is 0 Å². The lowest BCUT2D eigenvalue weighted by molar-refractivity contribution is 0.0818. The predicted molar refractivity (Wildman–Crippen MR) is 64.1 cm³/mol. The molecule has 0 saturated heterocycles. The molecule has 1 aliphatic carbocycles. The predicted octanol–water partition coefficient (Wildman–Crippen LogP) is 1.74. The average Bonchev–Trinajstić information content (AvgIpc) is 2.64. The summed E-state index contributed by atoms with van der Waals surface area (Å²) in [5, 5.41) is 9.83. The quantitative estimate of drug-likeness (QED) is 0.843. The number of aromatic nitrogens is 1. The van der Waals surface area contributed by atoms with E-state index in [0.29, 0.717) is 6.04 Å². The summed E-state index contributed by atoms with van der Waals surface area (Å²) < 4.78 is 0. The molecule has 0 bridgehead atoms. The monoisotopic (exact) mass is 220 g/mol. The van der Waals surface area contributed by atoms with Gasteiger partial charge in [0.05, 0.1) is 11.8 Å². The molecule has 2 rings (SSSR count). The zero-order chi connectivity index (χ0) is 11.5. The maximum Gasteiger partial charge on any atom is 0.0695 e. The SMILES string of the molecule is Cc1cccc(CN(C)C2CCCC2O)n1. The number of pyridine rings is 1. The van der Waals surface area contributed by atoms with Gasteiger partial charge in [0, 0.05) is 18.3 Å². The molecule has 1 heterocycles. The summed E-state index contributed by atoms with van der Waals surface area (Å²) in [6.07, 6.45) is 3.02. The maximum atomic E-state index is 9.83. The van der Waals surface area contributed by atoms with Gasteiger partial charge in [0.1, 0.15) is 0 Å². The molecule has 0 aliphatic heterocycles. The molecular formula is C13H20N2O. The fraction of sp³-hybridized carbons (Fsp3) is 0.615. The number of hydrogen-bond acceptors (Lipinski definition) is 3. The van der Waals surface area contributed by atoms with E-state index in [1.165, 1.54) is 0 Å². The normalized spacial score (nSPS) is 25.2. The van der Waals surface area contributed by atoms with Crippen molar-refractivity contribution in [3.05, 3.63) is 29.6 Å². The molecule has 88 valence electrons. The van der Waals surface area contributed by atoms with Crippen LogP contribution in [0.25, 0.3) is 0 Å². The third-order valence-electron chi connectivity index (χ3n) is 3.37. The second kappa shape index (κ2) is 4.93. The van der Waals surface area contributed by atoms with Gasteiger partial charge in [0.2, 0.25) is 0 Å². The minimum absolute atomic E-state index is 0.158. The van der Waals surface area contributed by atoms with E-state index in [2.05, 4.69) is 16.9 Å². The zero-order valence-electron chi connectivity index (χ0n) is 10.1. The van der Waals surface area contributed by atoms with Gasteiger partial charge in [-0.25, -0.2) is 0 Å². The lowest BCUT2D eigenvalue weighted by atomic mass is 10.2. The Morgan fingerprint density at radius 2 is 2.25 bits per heavy atom. The first kappa shape index (κ1) is 11.6. The molecular weight excluding hydrogens is 200 g/mol. The molecule has 3 nitrogen and oxygen atoms in total. The fourth-order valence-electron chi connectivity index (χ4n) is 2.50. The molecule has 1 N–H and O–H groups in total. The van der Waals surface area contributed by atoms with Crippen LogP contribution in [0.1, 0.15) is 30.7 Å². The molecule has 1 aromatic rings. The molecule has 1 saturated carbocycles. The summed E-state index contributed by atoms with van der Waals surface area (Å²) in [7, 11) is 2.07. The Kier molecular flexibility index (Phi) is 3.56. The first-order chi connectivity index (χ1) is 7.66. The molecule has 2 atom stereocenters. The van der Waals surface area contributed by atoms with Crippen molar-refractivity contribution in [3.63, 3.8) is 0 Å². The Balaban J connectivity index is 1.99. The summed E-state index contributed by atoms with van der Waals surface area (Å²) >= 11 is 0. The first-order valence-corrected chi connectivity index (χ1v) is 5.97. The van der Waals surface area contributed by atoms with Crippen LogP contribution >= 0.6 is 0 Å². The van der Waals surface area contributed by atoms with Crippen molar-refractivity contribution in [3.8, 4) is 0 Å². The molecule has 3 heteroatoms. The number of aliphatic hydroxyl groups is 1. The second-order valence-corrected chi connectivity index (χ2v) is 4.75. The smallest absolute Gasteiger partial charge is 0.0695 e. The van der Waals surface area contributed by atoms with Crippen molar-refractivity contribution < 1.29 is 5.11 Å². The largest absolute Gasteiger partial charge is 0.391 e. The van der Waals surface area contributed by atoms with Gasteiger partial charge in [-0.05, 0) is 45.4 Å². The van der Waals surface area contributed by atoms with Gasteiger partial charge in [-0.15, -0.1) is 0 Å². The van der Waals surface area contributed by atoms with E-state index >= 15 is 0 Å². The number of aryl methyl sites for hydroxylation is 1. The third kappa shape index (κ3) is 2.60. The zero-order valence-corrected chi connectivity index (χ0v) is 10.1. The number of aliphatic hydroxyl groups excluding tert-OH is 1. The van der Waals surface area contributed by atoms with E-state index in [-0.39, 0.29) is 6.10 Å². The highest BCUT2D eigenvalue weighted by Crippen LogP contribution is 2.24. The molecule has 0 radical (unpaired) electrons. The van der Waals surface area contributed by atoms with E-state index in [1.807, 2.05) is 25.1 Å². The highest BCUT2D eigenvalue weighted by atomic mass is 16.3. The fourth-order valence-corrected chi connectivity index (χ4v) is 2.50. The van der Waals surface area contributed by atoms with Crippen molar-refractivity contribution >= 4 is 0 Å². The third-order valence-corrected chi connectivity index (χ3v) is 3.37. The molecule has 2 unspecified atom stereocenters. The highest BCUT2D eigenvalue weighted by molar-refractivity contribution is 5.10. The van der Waals surface area contributed by atoms with Crippen molar-refractivity contribution in [2.75, 3.05) is 7.05 Å². The van der Waals surface area contributed by atoms with Crippen LogP contribution in [0.15, 0.2) is 18.2 Å². The number of rotatable bonds is 3. The number of nitrogens with zero attached hydrogens (tertiary/aromatic N) is 2. The van der Waals surface area contributed by atoms with Crippen LogP contribution in [0, 0.1) is 6.92 Å². The van der Waals surface area contributed by atoms with E-state index in [4.69, 9.17) is 0 Å². The van der Waals surface area contributed by atoms with Crippen molar-refractivity contribution in [2.45, 2.75) is 44.9 Å². The van der Waals surface area contributed by atoms with Crippen LogP contribution in [0.3, 0.4) is 0 Å². The van der Waals surface area contributed by atoms with Gasteiger partial charge in [0.15, 0.2) is 0 Å². The van der Waals surface area contributed by atoms with Gasteiger partial charge in [0.25, 0.3) is 0 Å². The summed E-state index contributed by atoms with van der Waals surface area (Å²) in [6, 6.07) is 6.40. The van der Waals surface area contributed by atoms with Crippen LogP contribution < -0.4 is 0 Å². The van der Waals surface area contributed by atoms with E-state index in [1.54, 1.807) is 0 Å². The highest BCUT2D eigenvalue weighted by Gasteiger charge is 2.28. The molecule has 16 heavy (non-hydrogen) atoms. The molecule has 1 aromatic heterocycles. The molecule has 0 aromatic carbocycles. The lowest BCUT2D eigenvalue weighted by Gasteiger charge is -2.26. The van der Waals surface area contributed by atoms with E-state index in [9.17, 15) is 5.11 Å². The Hall–Kier alpha value is -0.930. The number of likely N-dealkylation sites (N-methyl/N-ethyl adjacent to an activating group) is 1. The Labute approximate surface area is 97.1 Å². The number of hydrogen-bond donors (Lipinski definition) is 1. The van der Waals surface area contributed by atoms with Crippen LogP contribution in [0.4, 0.5) is 0 Å². The molecule has 1 fully saturated rings. The summed E-state index contributed by atoms with van der Waals surface area (Å²) in [5.41, 5.74) is 2.14. The van der Waals surface area contributed by atoms with Gasteiger partial charge in [-0.3, -0.25) is 9.88 Å². The van der Waals surface area contributed by atoms with Crippen LogP contribution in [-0.4, -0.2) is 34.2 Å². The molecule has 0 amide bonds.